The van der Waals surface area contributed by atoms with Gasteiger partial charge in [0.15, 0.2) is 0 Å². The van der Waals surface area contributed by atoms with Crippen molar-refractivity contribution in [3.63, 3.8) is 0 Å². The van der Waals surface area contributed by atoms with Crippen LogP contribution in [0.1, 0.15) is 65.3 Å². The number of rotatable bonds is 2. The molecule has 4 aliphatic rings. The van der Waals surface area contributed by atoms with Crippen LogP contribution in [-0.2, 0) is 5.41 Å². The van der Waals surface area contributed by atoms with Gasteiger partial charge in [0.05, 0.1) is 24.2 Å². The maximum absolute atomic E-state index is 5.91. The smallest absolute Gasteiger partial charge is 0.0543 e. The first-order chi connectivity index (χ1) is 20.0. The lowest BCUT2D eigenvalue weighted by Crippen LogP contribution is -2.15. The molecule has 0 nitrogen and oxygen atoms in total. The minimum atomic E-state index is -0.156. The molecule has 0 atom stereocenters. The van der Waals surface area contributed by atoms with Crippen LogP contribution in [0.5, 0.6) is 0 Å². The first kappa shape index (κ1) is 27.0. The second-order valence-electron chi connectivity index (χ2n) is 12.3. The van der Waals surface area contributed by atoms with Gasteiger partial charge in [-0.2, -0.15) is 0 Å². The Kier molecular flexibility index (Phi) is 5.77. The molecule has 0 N–H and O–H groups in total. The van der Waals surface area contributed by atoms with E-state index in [1.54, 1.807) is 0 Å². The predicted octanol–water partition coefficient (Wildman–Crippen LogP) is 10.6. The molecule has 0 unspecified atom stereocenters. The monoisotopic (exact) mass is 648 g/mol. The third kappa shape index (κ3) is 3.48. The molecule has 8 rings (SSSR count). The van der Waals surface area contributed by atoms with E-state index >= 15 is 0 Å². The summed E-state index contributed by atoms with van der Waals surface area (Å²) in [6.07, 6.45) is 6.89. The first-order valence-electron chi connectivity index (χ1n) is 13.8. The summed E-state index contributed by atoms with van der Waals surface area (Å²) in [5, 5.41) is 0. The molecular formula is C36H24S6. The molecule has 2 aromatic heterocycles. The molecule has 42 heavy (non-hydrogen) atoms. The van der Waals surface area contributed by atoms with E-state index in [9.17, 15) is 0 Å². The minimum Gasteiger partial charge on any atom is -0.135 e. The molecule has 0 aliphatic heterocycles. The molecule has 2 heterocycles. The summed E-state index contributed by atoms with van der Waals surface area (Å²) in [5.74, 6) is 0. The lowest BCUT2D eigenvalue weighted by molar-refractivity contribution is 0.629. The molecule has 0 saturated heterocycles. The third-order valence-electron chi connectivity index (χ3n) is 9.22. The van der Waals surface area contributed by atoms with E-state index in [2.05, 4.69) is 76.3 Å². The molecule has 0 spiro atoms. The highest BCUT2D eigenvalue weighted by Gasteiger charge is 2.49. The zero-order chi connectivity index (χ0) is 29.3. The fourth-order valence-electron chi connectivity index (χ4n) is 6.97. The molecule has 2 aromatic carbocycles. The Bertz CT molecular complexity index is 2070. The van der Waals surface area contributed by atoms with Gasteiger partial charge in [-0.3, -0.25) is 0 Å². The van der Waals surface area contributed by atoms with Crippen molar-refractivity contribution in [3.8, 4) is 0 Å². The molecule has 0 bridgehead atoms. The van der Waals surface area contributed by atoms with Crippen molar-refractivity contribution in [2.45, 2.75) is 33.1 Å². The summed E-state index contributed by atoms with van der Waals surface area (Å²) in [6.45, 7) is 9.45. The molecule has 4 aliphatic carbocycles. The van der Waals surface area contributed by atoms with E-state index in [0.29, 0.717) is 0 Å². The highest BCUT2D eigenvalue weighted by atomic mass is 32.1. The number of hydrogen-bond acceptors (Lipinski definition) is 6. The number of benzene rings is 2. The van der Waals surface area contributed by atoms with E-state index < -0.39 is 0 Å². The van der Waals surface area contributed by atoms with Crippen LogP contribution in [-0.4, -0.2) is 19.5 Å². The van der Waals surface area contributed by atoms with Gasteiger partial charge in [0, 0.05) is 58.7 Å². The normalized spacial score (nSPS) is 19.5. The van der Waals surface area contributed by atoms with Crippen LogP contribution in [0.4, 0.5) is 0 Å². The molecule has 0 amide bonds. The van der Waals surface area contributed by atoms with Crippen LogP contribution in [0.25, 0.3) is 21.0 Å². The highest BCUT2D eigenvalue weighted by Crippen LogP contribution is 2.64. The van der Waals surface area contributed by atoms with Crippen LogP contribution >= 0.6 is 71.5 Å². The van der Waals surface area contributed by atoms with Crippen molar-refractivity contribution < 1.29 is 0 Å². The summed E-state index contributed by atoms with van der Waals surface area (Å²) in [7, 11) is 0. The third-order valence-corrected chi connectivity index (χ3v) is 13.4. The van der Waals surface area contributed by atoms with Crippen LogP contribution in [0.3, 0.4) is 0 Å². The second-order valence-corrected chi connectivity index (χ2v) is 16.1. The van der Waals surface area contributed by atoms with Crippen molar-refractivity contribution in [2.24, 2.45) is 5.41 Å². The Balaban J connectivity index is 1.18. The quantitative estimate of drug-likeness (QED) is 0.157. The lowest BCUT2D eigenvalue weighted by Gasteiger charge is -2.25. The molecule has 0 radical (unpaired) electrons. The Morgan fingerprint density at radius 1 is 0.643 bits per heavy atom. The topological polar surface area (TPSA) is 0 Å². The van der Waals surface area contributed by atoms with E-state index in [0.717, 1.165) is 52.9 Å². The van der Waals surface area contributed by atoms with E-state index in [-0.39, 0.29) is 10.8 Å². The molecule has 0 saturated carbocycles. The van der Waals surface area contributed by atoms with Crippen molar-refractivity contribution in [2.75, 3.05) is 0 Å². The Morgan fingerprint density at radius 3 is 1.67 bits per heavy atom. The molecule has 0 fully saturated rings. The van der Waals surface area contributed by atoms with Crippen LogP contribution in [0, 0.1) is 5.41 Å². The molecule has 6 heteroatoms. The molecule has 4 aromatic rings. The Morgan fingerprint density at radius 2 is 1.14 bits per heavy atom. The summed E-state index contributed by atoms with van der Waals surface area (Å²) >= 11 is 27.3. The standard InChI is InChI=1S/C36H24S6/c1-35(2)17(13-23-29(37)19-9-5-6-10-20(19)30(23)38)14-25-27(35)34-28(36(25,3)4)33-26(42-34)16-18(41-33)15-24-31(39)21-11-7-8-12-22(21)32(24)40/h5-16H,1-4H3. The van der Waals surface area contributed by atoms with Gasteiger partial charge in [0.1, 0.15) is 0 Å². The van der Waals surface area contributed by atoms with Crippen LogP contribution in [0.15, 0.2) is 89.0 Å². The SMILES string of the molecule is CC1(C)C(C=C2C(=S)c3ccccc3C2=S)=CC2=C1c1sc3cc(C=C4C(=S)c5ccccc5C4=S)sc3c1C2(C)C. The lowest BCUT2D eigenvalue weighted by atomic mass is 9.79. The van der Waals surface area contributed by atoms with Crippen molar-refractivity contribution in [3.05, 3.63) is 127 Å². The first-order valence-corrected chi connectivity index (χ1v) is 17.1. The zero-order valence-electron chi connectivity index (χ0n) is 23.4. The van der Waals surface area contributed by atoms with E-state index in [1.807, 2.05) is 46.9 Å². The van der Waals surface area contributed by atoms with Crippen molar-refractivity contribution >= 4 is 112 Å². The fraction of sp³-hybridized carbons (Fsp3) is 0.167. The maximum atomic E-state index is 5.91. The fourth-order valence-corrected chi connectivity index (χ4v) is 11.6. The number of thiocarbonyl (C=S) groups is 4. The second kappa shape index (κ2) is 8.98. The van der Waals surface area contributed by atoms with Gasteiger partial charge in [-0.25, -0.2) is 0 Å². The average molecular weight is 649 g/mol. The van der Waals surface area contributed by atoms with Gasteiger partial charge < -0.3 is 0 Å². The average Bonchev–Trinajstić information content (AvgIpc) is 3.73. The van der Waals surface area contributed by atoms with Gasteiger partial charge >= 0.3 is 0 Å². The number of thiophene rings is 2. The van der Waals surface area contributed by atoms with Gasteiger partial charge in [-0.15, -0.1) is 22.7 Å². The minimum absolute atomic E-state index is 0.108. The largest absolute Gasteiger partial charge is 0.135 e. The van der Waals surface area contributed by atoms with E-state index in [4.69, 9.17) is 48.9 Å². The van der Waals surface area contributed by atoms with Gasteiger partial charge in [-0.05, 0) is 40.5 Å². The number of allylic oxidation sites excluding steroid dienone is 7. The van der Waals surface area contributed by atoms with Crippen LogP contribution in [0.2, 0.25) is 0 Å². The summed E-state index contributed by atoms with van der Waals surface area (Å²) in [6, 6.07) is 18.8. The van der Waals surface area contributed by atoms with Crippen molar-refractivity contribution in [1.29, 1.82) is 0 Å². The number of hydrogen-bond donors (Lipinski definition) is 0. The highest BCUT2D eigenvalue weighted by molar-refractivity contribution is 7.84. The van der Waals surface area contributed by atoms with Crippen LogP contribution < -0.4 is 0 Å². The maximum Gasteiger partial charge on any atom is 0.0543 e. The summed E-state index contributed by atoms with van der Waals surface area (Å²) < 4.78 is 2.71. The number of fused-ring (bicyclic) bond motifs is 6. The van der Waals surface area contributed by atoms with Gasteiger partial charge in [-0.1, -0.05) is 131 Å². The van der Waals surface area contributed by atoms with Gasteiger partial charge in [0.25, 0.3) is 0 Å². The van der Waals surface area contributed by atoms with E-state index in [1.165, 1.54) is 41.4 Å². The molecule has 204 valence electrons. The van der Waals surface area contributed by atoms with Crippen molar-refractivity contribution in [1.82, 2.24) is 0 Å². The van der Waals surface area contributed by atoms with Gasteiger partial charge in [0.2, 0.25) is 0 Å². The molecular weight excluding hydrogens is 625 g/mol. The summed E-state index contributed by atoms with van der Waals surface area (Å²) in [4.78, 5) is 6.07. The Hall–Kier alpha value is -2.58. The Labute approximate surface area is 275 Å². The predicted molar refractivity (Wildman–Crippen MR) is 197 cm³/mol. The summed E-state index contributed by atoms with van der Waals surface area (Å²) in [5.41, 5.74) is 11.7. The zero-order valence-corrected chi connectivity index (χ0v) is 28.3.